The van der Waals surface area contributed by atoms with E-state index in [2.05, 4.69) is 42.3 Å². The molecule has 0 amide bonds. The van der Waals surface area contributed by atoms with Gasteiger partial charge in [0.15, 0.2) is 0 Å². The van der Waals surface area contributed by atoms with Crippen molar-refractivity contribution in [1.82, 2.24) is 4.90 Å². The molecular weight excluding hydrogens is 220 g/mol. The predicted octanol–water partition coefficient (Wildman–Crippen LogP) is 2.68. The first-order chi connectivity index (χ1) is 8.74. The number of likely N-dealkylation sites (N-methyl/N-ethyl adjacent to an activating group) is 1. The van der Waals surface area contributed by atoms with Crippen LogP contribution in [0.5, 0.6) is 0 Å². The van der Waals surface area contributed by atoms with Gasteiger partial charge in [-0.1, -0.05) is 43.2 Å². The minimum Gasteiger partial charge on any atom is -0.330 e. The molecule has 1 fully saturated rings. The zero-order chi connectivity index (χ0) is 12.8. The first kappa shape index (κ1) is 13.6. The molecule has 18 heavy (non-hydrogen) atoms. The second-order valence-corrected chi connectivity index (χ2v) is 5.88. The van der Waals surface area contributed by atoms with Crippen molar-refractivity contribution >= 4 is 0 Å². The van der Waals surface area contributed by atoms with Crippen LogP contribution in [0, 0.1) is 5.41 Å². The Morgan fingerprint density at radius 2 is 1.83 bits per heavy atom. The van der Waals surface area contributed by atoms with Crippen molar-refractivity contribution in [3.8, 4) is 0 Å². The number of hydrogen-bond acceptors (Lipinski definition) is 2. The Bertz CT molecular complexity index is 341. The van der Waals surface area contributed by atoms with Crippen LogP contribution in [-0.2, 0) is 6.42 Å². The number of hydrogen-bond donors (Lipinski definition) is 1. The van der Waals surface area contributed by atoms with Crippen molar-refractivity contribution in [3.63, 3.8) is 0 Å². The van der Waals surface area contributed by atoms with Crippen molar-refractivity contribution in [3.05, 3.63) is 35.9 Å². The normalized spacial score (nSPS) is 18.4. The molecule has 1 aliphatic carbocycles. The third kappa shape index (κ3) is 3.56. The lowest BCUT2D eigenvalue weighted by Gasteiger charge is -2.32. The lowest BCUT2D eigenvalue weighted by Crippen LogP contribution is -2.40. The maximum absolute atomic E-state index is 6.00. The molecule has 2 N–H and O–H groups in total. The monoisotopic (exact) mass is 246 g/mol. The van der Waals surface area contributed by atoms with E-state index in [0.29, 0.717) is 5.41 Å². The van der Waals surface area contributed by atoms with Gasteiger partial charge in [0.1, 0.15) is 0 Å². The molecule has 1 aromatic rings. The Kier molecular flexibility index (Phi) is 4.79. The van der Waals surface area contributed by atoms with Crippen LogP contribution < -0.4 is 5.73 Å². The highest BCUT2D eigenvalue weighted by molar-refractivity contribution is 5.14. The highest BCUT2D eigenvalue weighted by atomic mass is 15.1. The van der Waals surface area contributed by atoms with E-state index in [0.717, 1.165) is 26.1 Å². The molecule has 0 heterocycles. The average Bonchev–Trinajstić information content (AvgIpc) is 2.87. The number of benzene rings is 1. The number of rotatable bonds is 6. The van der Waals surface area contributed by atoms with E-state index in [1.807, 2.05) is 0 Å². The van der Waals surface area contributed by atoms with E-state index in [9.17, 15) is 0 Å². The minimum atomic E-state index is 0.408. The molecule has 0 atom stereocenters. The van der Waals surface area contributed by atoms with Crippen molar-refractivity contribution in [2.75, 3.05) is 26.7 Å². The van der Waals surface area contributed by atoms with Crippen LogP contribution in [0.3, 0.4) is 0 Å². The van der Waals surface area contributed by atoms with Gasteiger partial charge in [-0.3, -0.25) is 0 Å². The van der Waals surface area contributed by atoms with E-state index in [1.165, 1.54) is 31.2 Å². The van der Waals surface area contributed by atoms with E-state index in [-0.39, 0.29) is 0 Å². The van der Waals surface area contributed by atoms with E-state index < -0.39 is 0 Å². The highest BCUT2D eigenvalue weighted by Gasteiger charge is 2.33. The molecule has 0 aromatic heterocycles. The van der Waals surface area contributed by atoms with Gasteiger partial charge in [-0.05, 0) is 43.8 Å². The quantitative estimate of drug-likeness (QED) is 0.836. The topological polar surface area (TPSA) is 29.3 Å². The molecule has 0 aliphatic heterocycles. The first-order valence-corrected chi connectivity index (χ1v) is 7.17. The Morgan fingerprint density at radius 3 is 2.44 bits per heavy atom. The summed E-state index contributed by atoms with van der Waals surface area (Å²) in [6, 6.07) is 10.7. The summed E-state index contributed by atoms with van der Waals surface area (Å²) in [5.41, 5.74) is 7.83. The molecule has 2 rings (SSSR count). The maximum atomic E-state index is 6.00. The van der Waals surface area contributed by atoms with Crippen LogP contribution in [0.2, 0.25) is 0 Å². The second-order valence-electron chi connectivity index (χ2n) is 5.88. The molecule has 1 aliphatic rings. The van der Waals surface area contributed by atoms with Gasteiger partial charge < -0.3 is 10.6 Å². The fraction of sp³-hybridized carbons (Fsp3) is 0.625. The van der Waals surface area contributed by atoms with Gasteiger partial charge in [-0.2, -0.15) is 0 Å². The molecule has 0 unspecified atom stereocenters. The van der Waals surface area contributed by atoms with Crippen molar-refractivity contribution in [1.29, 1.82) is 0 Å². The second kappa shape index (κ2) is 6.35. The minimum absolute atomic E-state index is 0.408. The summed E-state index contributed by atoms with van der Waals surface area (Å²) < 4.78 is 0. The van der Waals surface area contributed by atoms with Gasteiger partial charge in [-0.25, -0.2) is 0 Å². The smallest absolute Gasteiger partial charge is 0.00471 e. The van der Waals surface area contributed by atoms with Gasteiger partial charge in [0.25, 0.3) is 0 Å². The molecule has 1 saturated carbocycles. The van der Waals surface area contributed by atoms with E-state index in [4.69, 9.17) is 5.73 Å². The molecule has 0 bridgehead atoms. The summed E-state index contributed by atoms with van der Waals surface area (Å²) in [5.74, 6) is 0. The first-order valence-electron chi connectivity index (χ1n) is 7.17. The summed E-state index contributed by atoms with van der Waals surface area (Å²) in [6.07, 6.45) is 6.50. The molecule has 0 radical (unpaired) electrons. The Morgan fingerprint density at radius 1 is 1.17 bits per heavy atom. The van der Waals surface area contributed by atoms with Crippen LogP contribution in [0.1, 0.15) is 31.2 Å². The van der Waals surface area contributed by atoms with Crippen molar-refractivity contribution < 1.29 is 0 Å². The molecule has 1 aromatic carbocycles. The van der Waals surface area contributed by atoms with E-state index in [1.54, 1.807) is 0 Å². The van der Waals surface area contributed by atoms with Crippen molar-refractivity contribution in [2.45, 2.75) is 32.1 Å². The maximum Gasteiger partial charge on any atom is 0.00471 e. The molecule has 100 valence electrons. The zero-order valence-electron chi connectivity index (χ0n) is 11.6. The van der Waals surface area contributed by atoms with Crippen LogP contribution in [-0.4, -0.2) is 31.6 Å². The Balaban J connectivity index is 1.79. The summed E-state index contributed by atoms with van der Waals surface area (Å²) in [4.78, 5) is 2.46. The van der Waals surface area contributed by atoms with Crippen molar-refractivity contribution in [2.24, 2.45) is 11.1 Å². The highest BCUT2D eigenvalue weighted by Crippen LogP contribution is 2.37. The van der Waals surface area contributed by atoms with Crippen LogP contribution >= 0.6 is 0 Å². The molecule has 0 saturated heterocycles. The SMILES string of the molecule is CN(CCc1ccccc1)CC1(CN)CCCC1. The van der Waals surface area contributed by atoms with Gasteiger partial charge in [0.2, 0.25) is 0 Å². The third-order valence-corrected chi connectivity index (χ3v) is 4.33. The Hall–Kier alpha value is -0.860. The largest absolute Gasteiger partial charge is 0.330 e. The molecule has 0 spiro atoms. The number of nitrogens with zero attached hydrogens (tertiary/aromatic N) is 1. The molecular formula is C16H26N2. The standard InChI is InChI=1S/C16H26N2/c1-18(12-9-15-7-3-2-4-8-15)14-16(13-17)10-5-6-11-16/h2-4,7-8H,5-6,9-14,17H2,1H3. The van der Waals surface area contributed by atoms with Crippen LogP contribution in [0.25, 0.3) is 0 Å². The summed E-state index contributed by atoms with van der Waals surface area (Å²) in [7, 11) is 2.23. The van der Waals surface area contributed by atoms with E-state index >= 15 is 0 Å². The van der Waals surface area contributed by atoms with Crippen LogP contribution in [0.4, 0.5) is 0 Å². The lowest BCUT2D eigenvalue weighted by molar-refractivity contribution is 0.186. The van der Waals surface area contributed by atoms with Gasteiger partial charge in [0, 0.05) is 13.1 Å². The fourth-order valence-corrected chi connectivity index (χ4v) is 3.17. The van der Waals surface area contributed by atoms with Gasteiger partial charge in [-0.15, -0.1) is 0 Å². The predicted molar refractivity (Wildman–Crippen MR) is 77.6 cm³/mol. The summed E-state index contributed by atoms with van der Waals surface area (Å²) in [6.45, 7) is 3.14. The molecule has 2 nitrogen and oxygen atoms in total. The zero-order valence-corrected chi connectivity index (χ0v) is 11.6. The van der Waals surface area contributed by atoms with Gasteiger partial charge >= 0.3 is 0 Å². The summed E-state index contributed by atoms with van der Waals surface area (Å²) in [5, 5.41) is 0. The van der Waals surface area contributed by atoms with Crippen LogP contribution in [0.15, 0.2) is 30.3 Å². The summed E-state index contributed by atoms with van der Waals surface area (Å²) >= 11 is 0. The third-order valence-electron chi connectivity index (χ3n) is 4.33. The number of nitrogens with two attached hydrogens (primary N) is 1. The lowest BCUT2D eigenvalue weighted by atomic mass is 9.86. The average molecular weight is 246 g/mol. The molecule has 2 heteroatoms. The Labute approximate surface area is 111 Å². The fourth-order valence-electron chi connectivity index (χ4n) is 3.17. The van der Waals surface area contributed by atoms with Gasteiger partial charge in [0.05, 0.1) is 0 Å².